The second kappa shape index (κ2) is 10.4. The summed E-state index contributed by atoms with van der Waals surface area (Å²) >= 11 is 0. The number of allylic oxidation sites excluding steroid dienone is 1. The van der Waals surface area contributed by atoms with E-state index in [0.717, 1.165) is 22.4 Å². The number of aryl methyl sites for hydroxylation is 1. The van der Waals surface area contributed by atoms with Gasteiger partial charge in [-0.1, -0.05) is 54.6 Å². The molecule has 0 aliphatic rings. The Balaban J connectivity index is 1.68. The summed E-state index contributed by atoms with van der Waals surface area (Å²) in [6, 6.07) is 15.8. The van der Waals surface area contributed by atoms with Crippen molar-refractivity contribution in [2.24, 2.45) is 0 Å². The van der Waals surface area contributed by atoms with Crippen LogP contribution in [0.4, 0.5) is 18.9 Å². The Morgan fingerprint density at radius 1 is 1.17 bits per heavy atom. The number of fused-ring (bicyclic) bond motifs is 1. The largest absolute Gasteiger partial charge is 0.390 e. The number of Topliss-reactive ketones (excluding diaryl/α,β-unsaturated/α-hetero) is 1. The Labute approximate surface area is 206 Å². The van der Waals surface area contributed by atoms with Gasteiger partial charge in [0.25, 0.3) is 0 Å². The van der Waals surface area contributed by atoms with E-state index in [1.54, 1.807) is 54.7 Å². The highest BCUT2D eigenvalue weighted by atomic mass is 19.4. The predicted molar refractivity (Wildman–Crippen MR) is 135 cm³/mol. The quantitative estimate of drug-likeness (QED) is 0.271. The molecule has 0 aliphatic heterocycles. The van der Waals surface area contributed by atoms with Crippen LogP contribution < -0.4 is 5.32 Å². The molecule has 0 radical (unpaired) electrons. The summed E-state index contributed by atoms with van der Waals surface area (Å²) in [6.45, 7) is 3.42. The summed E-state index contributed by atoms with van der Waals surface area (Å²) in [6.07, 6.45) is 0.725. The van der Waals surface area contributed by atoms with Crippen LogP contribution in [0.1, 0.15) is 46.5 Å². The molecular weight excluding hydrogens is 467 g/mol. The Hall–Kier alpha value is -3.91. The molecule has 0 saturated carbocycles. The van der Waals surface area contributed by atoms with Gasteiger partial charge < -0.3 is 10.4 Å². The lowest BCUT2D eigenvalue weighted by molar-refractivity contribution is -0.131. The van der Waals surface area contributed by atoms with E-state index in [-0.39, 0.29) is 12.3 Å². The van der Waals surface area contributed by atoms with Gasteiger partial charge in [-0.15, -0.1) is 0 Å². The van der Waals surface area contributed by atoms with Crippen molar-refractivity contribution in [3.05, 3.63) is 95.3 Å². The smallest absolute Gasteiger partial charge is 0.382 e. The zero-order valence-electron chi connectivity index (χ0n) is 19.9. The molecule has 2 aromatic carbocycles. The van der Waals surface area contributed by atoms with Gasteiger partial charge in [-0.3, -0.25) is 9.20 Å². The zero-order chi connectivity index (χ0) is 25.9. The Bertz CT molecular complexity index is 1410. The van der Waals surface area contributed by atoms with Crippen molar-refractivity contribution in [3.63, 3.8) is 0 Å². The first kappa shape index (κ1) is 25.2. The van der Waals surface area contributed by atoms with Crippen LogP contribution in [0, 0.1) is 6.92 Å². The number of aromatic nitrogens is 2. The van der Waals surface area contributed by atoms with Crippen LogP contribution in [0.5, 0.6) is 0 Å². The molecule has 0 bridgehead atoms. The monoisotopic (exact) mass is 493 g/mol. The number of imidazole rings is 1. The first-order valence-electron chi connectivity index (χ1n) is 11.5. The van der Waals surface area contributed by atoms with Crippen LogP contribution >= 0.6 is 0 Å². The van der Waals surface area contributed by atoms with Gasteiger partial charge in [-0.25, -0.2) is 4.98 Å². The van der Waals surface area contributed by atoms with Crippen LogP contribution in [0.25, 0.3) is 23.0 Å². The van der Waals surface area contributed by atoms with Gasteiger partial charge in [-0.2, -0.15) is 13.2 Å². The minimum Gasteiger partial charge on any atom is -0.382 e. The topological polar surface area (TPSA) is 66.6 Å². The summed E-state index contributed by atoms with van der Waals surface area (Å²) in [4.78, 5) is 17.2. The fourth-order valence-corrected chi connectivity index (χ4v) is 4.12. The van der Waals surface area contributed by atoms with E-state index in [1.165, 1.54) is 0 Å². The van der Waals surface area contributed by atoms with Gasteiger partial charge in [0.2, 0.25) is 0 Å². The maximum atomic E-state index is 12.7. The second-order valence-electron chi connectivity index (χ2n) is 8.52. The van der Waals surface area contributed by atoms with Crippen LogP contribution in [-0.4, -0.2) is 33.0 Å². The Morgan fingerprint density at radius 2 is 1.92 bits per heavy atom. The fourth-order valence-electron chi connectivity index (χ4n) is 4.12. The fraction of sp³-hybridized carbons (Fsp3) is 0.214. The summed E-state index contributed by atoms with van der Waals surface area (Å²) in [7, 11) is 0. The van der Waals surface area contributed by atoms with E-state index in [9.17, 15) is 23.1 Å². The van der Waals surface area contributed by atoms with Crippen molar-refractivity contribution < 1.29 is 23.1 Å². The first-order chi connectivity index (χ1) is 17.2. The van der Waals surface area contributed by atoms with Crippen LogP contribution in [0.15, 0.2) is 73.1 Å². The molecule has 4 aromatic rings. The molecule has 2 aromatic heterocycles. The standard InChI is InChI=1S/C28H26F3N3O2/c1-3-7-19-15-23(32-13-12-28(29,30)31)27-33-16-24(34(27)17-19)21-10-11-22(18(2)14-21)26(36)25(35)20-8-5-4-6-9-20/h3-11,14-17,26,32,36H,12-13H2,1-2H3/b7-3+. The molecule has 186 valence electrons. The molecule has 36 heavy (non-hydrogen) atoms. The molecule has 2 N–H and O–H groups in total. The lowest BCUT2D eigenvalue weighted by Gasteiger charge is -2.15. The highest BCUT2D eigenvalue weighted by Crippen LogP contribution is 2.30. The molecule has 1 atom stereocenters. The summed E-state index contributed by atoms with van der Waals surface area (Å²) in [5.74, 6) is -0.383. The maximum Gasteiger partial charge on any atom is 0.390 e. The van der Waals surface area contributed by atoms with Gasteiger partial charge in [0.1, 0.15) is 6.10 Å². The lowest BCUT2D eigenvalue weighted by Crippen LogP contribution is -2.15. The number of alkyl halides is 3. The highest BCUT2D eigenvalue weighted by molar-refractivity contribution is 6.00. The average molecular weight is 494 g/mol. The van der Waals surface area contributed by atoms with E-state index < -0.39 is 18.7 Å². The molecule has 0 spiro atoms. The number of anilines is 1. The van der Waals surface area contributed by atoms with E-state index in [2.05, 4.69) is 10.3 Å². The van der Waals surface area contributed by atoms with Gasteiger partial charge in [0.05, 0.1) is 24.0 Å². The number of pyridine rings is 1. The average Bonchev–Trinajstić information content (AvgIpc) is 3.27. The van der Waals surface area contributed by atoms with Crippen molar-refractivity contribution in [1.29, 1.82) is 0 Å². The van der Waals surface area contributed by atoms with Crippen LogP contribution in [0.3, 0.4) is 0 Å². The number of rotatable bonds is 8. The molecule has 5 nitrogen and oxygen atoms in total. The number of hydrogen-bond donors (Lipinski definition) is 2. The lowest BCUT2D eigenvalue weighted by atomic mass is 9.94. The molecule has 2 heterocycles. The third-order valence-corrected chi connectivity index (χ3v) is 5.88. The summed E-state index contributed by atoms with van der Waals surface area (Å²) in [5, 5.41) is 13.6. The third-order valence-electron chi connectivity index (χ3n) is 5.88. The van der Waals surface area contributed by atoms with Gasteiger partial charge >= 0.3 is 6.18 Å². The molecule has 0 fully saturated rings. The number of nitrogens with zero attached hydrogens (tertiary/aromatic N) is 2. The summed E-state index contributed by atoms with van der Waals surface area (Å²) in [5.41, 5.74) is 4.99. The molecule has 1 unspecified atom stereocenters. The number of halogens is 3. The number of nitrogens with one attached hydrogen (secondary N) is 1. The number of carbonyl (C=O) groups excluding carboxylic acids is 1. The van der Waals surface area contributed by atoms with Crippen molar-refractivity contribution in [1.82, 2.24) is 9.38 Å². The minimum absolute atomic E-state index is 0.262. The van der Waals surface area contributed by atoms with Crippen LogP contribution in [0.2, 0.25) is 0 Å². The van der Waals surface area contributed by atoms with E-state index in [1.807, 2.05) is 42.7 Å². The molecule has 8 heteroatoms. The number of aliphatic hydroxyl groups excluding tert-OH is 1. The normalized spacial score (nSPS) is 12.8. The molecule has 4 rings (SSSR count). The molecule has 0 aliphatic carbocycles. The van der Waals surface area contributed by atoms with Crippen molar-refractivity contribution >= 4 is 23.2 Å². The molecule has 0 saturated heterocycles. The highest BCUT2D eigenvalue weighted by Gasteiger charge is 2.26. The Morgan fingerprint density at radius 3 is 2.58 bits per heavy atom. The van der Waals surface area contributed by atoms with Gasteiger partial charge in [0, 0.05) is 23.9 Å². The number of benzene rings is 2. The van der Waals surface area contributed by atoms with Crippen molar-refractivity contribution in [2.45, 2.75) is 32.5 Å². The maximum absolute atomic E-state index is 12.7. The second-order valence-corrected chi connectivity index (χ2v) is 8.52. The van der Waals surface area contributed by atoms with E-state index >= 15 is 0 Å². The Kier molecular flexibility index (Phi) is 7.26. The number of carbonyl (C=O) groups is 1. The van der Waals surface area contributed by atoms with E-state index in [0.29, 0.717) is 22.5 Å². The number of ketones is 1. The van der Waals surface area contributed by atoms with Gasteiger partial charge in [0.15, 0.2) is 11.4 Å². The number of aliphatic hydroxyl groups is 1. The predicted octanol–water partition coefficient (Wildman–Crippen LogP) is 6.62. The third kappa shape index (κ3) is 5.49. The van der Waals surface area contributed by atoms with E-state index in [4.69, 9.17) is 0 Å². The first-order valence-corrected chi connectivity index (χ1v) is 11.5. The van der Waals surface area contributed by atoms with Gasteiger partial charge in [-0.05, 0) is 42.7 Å². The molecule has 0 amide bonds. The van der Waals surface area contributed by atoms with Crippen molar-refractivity contribution in [2.75, 3.05) is 11.9 Å². The number of hydrogen-bond acceptors (Lipinski definition) is 4. The van der Waals surface area contributed by atoms with Crippen molar-refractivity contribution in [3.8, 4) is 11.3 Å². The molecular formula is C28H26F3N3O2. The van der Waals surface area contributed by atoms with Crippen LogP contribution in [-0.2, 0) is 0 Å². The minimum atomic E-state index is -4.25. The zero-order valence-corrected chi connectivity index (χ0v) is 19.9. The summed E-state index contributed by atoms with van der Waals surface area (Å²) < 4.78 is 39.8. The SMILES string of the molecule is C/C=C/c1cc(NCCC(F)(F)F)c2ncc(-c3ccc(C(O)C(=O)c4ccccc4)c(C)c3)n2c1.